The van der Waals surface area contributed by atoms with Crippen molar-refractivity contribution >= 4 is 16.9 Å². The van der Waals surface area contributed by atoms with E-state index < -0.39 is 35.1 Å². The van der Waals surface area contributed by atoms with E-state index in [0.717, 1.165) is 11.8 Å². The van der Waals surface area contributed by atoms with Crippen molar-refractivity contribution in [1.29, 1.82) is 0 Å². The standard InChI is InChI=1S/C12H14F3NO4S/c1-6(17)21-3-2-9(18)10(19)8-4-7(12(13,14)15)5-16-11(8)20/h4-5,9-10,18-19H,2-3H2,1H3,(H,16,20). The smallest absolute Gasteiger partial charge is 0.390 e. The Kier molecular flexibility index (Phi) is 5.99. The molecule has 21 heavy (non-hydrogen) atoms. The monoisotopic (exact) mass is 325 g/mol. The predicted octanol–water partition coefficient (Wildman–Crippen LogP) is 1.46. The van der Waals surface area contributed by atoms with Gasteiger partial charge < -0.3 is 15.2 Å². The summed E-state index contributed by atoms with van der Waals surface area (Å²) in [6.45, 7) is 1.32. The van der Waals surface area contributed by atoms with Gasteiger partial charge in [-0.3, -0.25) is 9.59 Å². The van der Waals surface area contributed by atoms with Crippen LogP contribution in [-0.4, -0.2) is 32.2 Å². The molecule has 0 spiro atoms. The van der Waals surface area contributed by atoms with Gasteiger partial charge in [0.25, 0.3) is 5.56 Å². The number of pyridine rings is 1. The van der Waals surface area contributed by atoms with Crippen molar-refractivity contribution in [3.05, 3.63) is 33.7 Å². The molecule has 2 atom stereocenters. The van der Waals surface area contributed by atoms with Crippen molar-refractivity contribution in [2.45, 2.75) is 31.7 Å². The minimum atomic E-state index is -4.67. The molecule has 1 heterocycles. The predicted molar refractivity (Wildman–Crippen MR) is 70.8 cm³/mol. The number of hydrogen-bond acceptors (Lipinski definition) is 5. The number of hydrogen-bond donors (Lipinski definition) is 3. The fourth-order valence-electron chi connectivity index (χ4n) is 1.57. The maximum Gasteiger partial charge on any atom is 0.417 e. The normalized spacial score (nSPS) is 14.8. The average molecular weight is 325 g/mol. The zero-order valence-electron chi connectivity index (χ0n) is 11.0. The second-order valence-corrected chi connectivity index (χ2v) is 5.58. The van der Waals surface area contributed by atoms with E-state index in [9.17, 15) is 33.0 Å². The van der Waals surface area contributed by atoms with E-state index in [1.54, 1.807) is 0 Å². The second-order valence-electron chi connectivity index (χ2n) is 4.31. The Hall–Kier alpha value is -1.32. The molecule has 5 nitrogen and oxygen atoms in total. The number of aliphatic hydroxyl groups excluding tert-OH is 2. The number of thioether (sulfide) groups is 1. The minimum Gasteiger partial charge on any atom is -0.390 e. The van der Waals surface area contributed by atoms with Crippen LogP contribution in [0.2, 0.25) is 0 Å². The summed E-state index contributed by atoms with van der Waals surface area (Å²) in [5.74, 6) is 0.185. The third-order valence-electron chi connectivity index (χ3n) is 2.66. The van der Waals surface area contributed by atoms with Crippen LogP contribution >= 0.6 is 11.8 Å². The lowest BCUT2D eigenvalue weighted by Crippen LogP contribution is -2.27. The third-order valence-corrected chi connectivity index (χ3v) is 3.51. The molecule has 118 valence electrons. The molecule has 3 N–H and O–H groups in total. The first-order valence-corrected chi connectivity index (χ1v) is 6.90. The van der Waals surface area contributed by atoms with Gasteiger partial charge in [-0.25, -0.2) is 0 Å². The molecule has 1 rings (SSSR count). The van der Waals surface area contributed by atoms with Crippen LogP contribution in [0.4, 0.5) is 13.2 Å². The number of nitrogens with one attached hydrogen (secondary N) is 1. The van der Waals surface area contributed by atoms with Crippen LogP contribution in [0.25, 0.3) is 0 Å². The van der Waals surface area contributed by atoms with Crippen molar-refractivity contribution in [2.75, 3.05) is 5.75 Å². The average Bonchev–Trinajstić information content (AvgIpc) is 2.36. The molecule has 2 unspecified atom stereocenters. The lowest BCUT2D eigenvalue weighted by molar-refractivity contribution is -0.138. The fourth-order valence-corrected chi connectivity index (χ4v) is 2.22. The summed E-state index contributed by atoms with van der Waals surface area (Å²) in [7, 11) is 0. The van der Waals surface area contributed by atoms with Gasteiger partial charge in [0.1, 0.15) is 6.10 Å². The van der Waals surface area contributed by atoms with Gasteiger partial charge in [-0.1, -0.05) is 11.8 Å². The van der Waals surface area contributed by atoms with Crippen LogP contribution in [0.15, 0.2) is 17.1 Å². The Morgan fingerprint density at radius 2 is 2.05 bits per heavy atom. The molecule has 0 aliphatic carbocycles. The van der Waals surface area contributed by atoms with E-state index in [0.29, 0.717) is 12.3 Å². The van der Waals surface area contributed by atoms with Crippen molar-refractivity contribution in [1.82, 2.24) is 4.98 Å². The van der Waals surface area contributed by atoms with Gasteiger partial charge in [-0.15, -0.1) is 0 Å². The van der Waals surface area contributed by atoms with E-state index in [1.165, 1.54) is 6.92 Å². The third kappa shape index (κ3) is 5.18. The number of aromatic nitrogens is 1. The van der Waals surface area contributed by atoms with Crippen LogP contribution in [0, 0.1) is 0 Å². The number of halogens is 3. The molecule has 0 aliphatic heterocycles. The number of alkyl halides is 3. The highest BCUT2D eigenvalue weighted by Gasteiger charge is 2.33. The number of H-pyrrole nitrogens is 1. The summed E-state index contributed by atoms with van der Waals surface area (Å²) in [4.78, 5) is 24.1. The zero-order chi connectivity index (χ0) is 16.2. The van der Waals surface area contributed by atoms with Crippen molar-refractivity contribution in [3.8, 4) is 0 Å². The molecule has 0 amide bonds. The van der Waals surface area contributed by atoms with Gasteiger partial charge >= 0.3 is 6.18 Å². The summed E-state index contributed by atoms with van der Waals surface area (Å²) < 4.78 is 37.6. The van der Waals surface area contributed by atoms with Gasteiger partial charge in [0.15, 0.2) is 5.12 Å². The van der Waals surface area contributed by atoms with Crippen molar-refractivity contribution in [3.63, 3.8) is 0 Å². The first-order valence-electron chi connectivity index (χ1n) is 5.92. The molecule has 0 fully saturated rings. The largest absolute Gasteiger partial charge is 0.417 e. The molecule has 0 radical (unpaired) electrons. The first-order chi connectivity index (χ1) is 9.62. The molecular formula is C12H14F3NO4S. The summed E-state index contributed by atoms with van der Waals surface area (Å²) >= 11 is 0.908. The number of carbonyl (C=O) groups excluding carboxylic acids is 1. The van der Waals surface area contributed by atoms with Crippen LogP contribution in [0.1, 0.15) is 30.6 Å². The quantitative estimate of drug-likeness (QED) is 0.762. The highest BCUT2D eigenvalue weighted by atomic mass is 32.2. The molecule has 0 aromatic carbocycles. The topological polar surface area (TPSA) is 90.4 Å². The van der Waals surface area contributed by atoms with Crippen LogP contribution in [0.5, 0.6) is 0 Å². The fraction of sp³-hybridized carbons (Fsp3) is 0.500. The second kappa shape index (κ2) is 7.10. The minimum absolute atomic E-state index is 0.0406. The molecule has 1 aromatic rings. The van der Waals surface area contributed by atoms with Gasteiger partial charge in [0.2, 0.25) is 0 Å². The van der Waals surface area contributed by atoms with Gasteiger partial charge in [-0.2, -0.15) is 13.2 Å². The Balaban J connectivity index is 2.88. The molecule has 1 aromatic heterocycles. The number of carbonyl (C=O) groups is 1. The first kappa shape index (κ1) is 17.7. The summed E-state index contributed by atoms with van der Waals surface area (Å²) in [6.07, 6.45) is -7.42. The van der Waals surface area contributed by atoms with E-state index >= 15 is 0 Å². The van der Waals surface area contributed by atoms with Crippen LogP contribution < -0.4 is 5.56 Å². The van der Waals surface area contributed by atoms with Gasteiger partial charge in [0.05, 0.1) is 11.7 Å². The molecule has 0 aliphatic rings. The van der Waals surface area contributed by atoms with E-state index in [-0.39, 0.29) is 17.3 Å². The Labute approximate surface area is 122 Å². The van der Waals surface area contributed by atoms with Crippen molar-refractivity contribution < 1.29 is 28.2 Å². The van der Waals surface area contributed by atoms with Crippen molar-refractivity contribution in [2.24, 2.45) is 0 Å². The summed E-state index contributed by atoms with van der Waals surface area (Å²) in [5.41, 5.74) is -2.60. The summed E-state index contributed by atoms with van der Waals surface area (Å²) in [6, 6.07) is 0.505. The molecule has 0 saturated heterocycles. The zero-order valence-corrected chi connectivity index (χ0v) is 11.8. The maximum atomic E-state index is 12.5. The SMILES string of the molecule is CC(=O)SCCC(O)C(O)c1cc(C(F)(F)F)c[nH]c1=O. The molecule has 0 saturated carbocycles. The van der Waals surface area contributed by atoms with Gasteiger partial charge in [-0.05, 0) is 12.5 Å². The lowest BCUT2D eigenvalue weighted by atomic mass is 10.0. The maximum absolute atomic E-state index is 12.5. The number of aromatic amines is 1. The number of rotatable bonds is 5. The number of aliphatic hydroxyl groups is 2. The van der Waals surface area contributed by atoms with E-state index in [1.807, 2.05) is 4.98 Å². The van der Waals surface area contributed by atoms with E-state index in [2.05, 4.69) is 0 Å². The Bertz CT molecular complexity index is 558. The lowest BCUT2D eigenvalue weighted by Gasteiger charge is -2.18. The Morgan fingerprint density at radius 1 is 1.43 bits per heavy atom. The van der Waals surface area contributed by atoms with E-state index in [4.69, 9.17) is 0 Å². The van der Waals surface area contributed by atoms with Crippen LogP contribution in [-0.2, 0) is 11.0 Å². The highest BCUT2D eigenvalue weighted by Crippen LogP contribution is 2.30. The molecule has 0 bridgehead atoms. The van der Waals surface area contributed by atoms with Crippen LogP contribution in [0.3, 0.4) is 0 Å². The highest BCUT2D eigenvalue weighted by molar-refractivity contribution is 8.13. The summed E-state index contributed by atoms with van der Waals surface area (Å²) in [5, 5.41) is 19.3. The molecule has 9 heteroatoms. The van der Waals surface area contributed by atoms with Gasteiger partial charge in [0, 0.05) is 24.4 Å². The Morgan fingerprint density at radius 3 is 2.57 bits per heavy atom. The molecular weight excluding hydrogens is 311 g/mol.